The van der Waals surface area contributed by atoms with Gasteiger partial charge in [0.25, 0.3) is 0 Å². The molecule has 0 aromatic heterocycles. The number of amidine groups is 1. The van der Waals surface area contributed by atoms with Crippen LogP contribution in [0.25, 0.3) is 0 Å². The molecule has 110 valence electrons. The minimum absolute atomic E-state index is 0.0512. The molecule has 0 radical (unpaired) electrons. The van der Waals surface area contributed by atoms with E-state index in [1.165, 1.54) is 5.56 Å². The Bertz CT molecular complexity index is 615. The Morgan fingerprint density at radius 3 is 2.52 bits per heavy atom. The lowest BCUT2D eigenvalue weighted by atomic mass is 10.1. The summed E-state index contributed by atoms with van der Waals surface area (Å²) in [6.07, 6.45) is 0. The van der Waals surface area contributed by atoms with Crippen molar-refractivity contribution in [1.82, 2.24) is 0 Å². The van der Waals surface area contributed by atoms with Crippen LogP contribution in [-0.2, 0) is 11.5 Å². The molecule has 0 bridgehead atoms. The van der Waals surface area contributed by atoms with E-state index in [4.69, 9.17) is 15.7 Å². The van der Waals surface area contributed by atoms with Crippen LogP contribution in [0, 0.1) is 0 Å². The molecular weight excluding hydrogens is 284 g/mol. The van der Waals surface area contributed by atoms with Crippen LogP contribution in [0.2, 0.25) is 0 Å². The van der Waals surface area contributed by atoms with E-state index in [2.05, 4.69) is 17.3 Å². The quantitative estimate of drug-likeness (QED) is 0.372. The van der Waals surface area contributed by atoms with Crippen LogP contribution in [0.4, 0.5) is 0 Å². The van der Waals surface area contributed by atoms with E-state index in [-0.39, 0.29) is 5.84 Å². The molecule has 0 saturated carbocycles. The molecule has 0 unspecified atom stereocenters. The largest absolute Gasteiger partial charge is 0.496 e. The van der Waals surface area contributed by atoms with Gasteiger partial charge in [0, 0.05) is 11.5 Å². The molecule has 5 heteroatoms. The average molecular weight is 302 g/mol. The highest BCUT2D eigenvalue weighted by molar-refractivity contribution is 7.97. The van der Waals surface area contributed by atoms with Gasteiger partial charge < -0.3 is 15.7 Å². The summed E-state index contributed by atoms with van der Waals surface area (Å²) < 4.78 is 5.29. The maximum Gasteiger partial charge on any atom is 0.173 e. The SMILES string of the molecule is COc1cc(CSCc2ccccc2)ccc1/C(N)=N/O. The molecule has 0 aliphatic rings. The molecule has 0 spiro atoms. The van der Waals surface area contributed by atoms with Gasteiger partial charge in [-0.3, -0.25) is 0 Å². The topological polar surface area (TPSA) is 67.8 Å². The number of thioether (sulfide) groups is 1. The van der Waals surface area contributed by atoms with Crippen LogP contribution in [0.1, 0.15) is 16.7 Å². The second kappa shape index (κ2) is 7.59. The molecule has 4 nitrogen and oxygen atoms in total. The fraction of sp³-hybridized carbons (Fsp3) is 0.188. The summed E-state index contributed by atoms with van der Waals surface area (Å²) in [6, 6.07) is 16.1. The van der Waals surface area contributed by atoms with Crippen LogP contribution in [0.15, 0.2) is 53.7 Å². The van der Waals surface area contributed by atoms with E-state index >= 15 is 0 Å². The second-order valence-corrected chi connectivity index (χ2v) is 5.48. The fourth-order valence-electron chi connectivity index (χ4n) is 1.95. The fourth-order valence-corrected chi connectivity index (χ4v) is 2.90. The van der Waals surface area contributed by atoms with Gasteiger partial charge in [-0.15, -0.1) is 0 Å². The van der Waals surface area contributed by atoms with Crippen molar-refractivity contribution < 1.29 is 9.94 Å². The summed E-state index contributed by atoms with van der Waals surface area (Å²) in [6.45, 7) is 0. The highest BCUT2D eigenvalue weighted by Crippen LogP contribution is 2.24. The van der Waals surface area contributed by atoms with E-state index in [1.54, 1.807) is 7.11 Å². The maximum absolute atomic E-state index is 8.75. The Morgan fingerprint density at radius 1 is 1.14 bits per heavy atom. The van der Waals surface area contributed by atoms with Crippen LogP contribution >= 0.6 is 11.8 Å². The Hall–Kier alpha value is -2.14. The van der Waals surface area contributed by atoms with E-state index in [0.29, 0.717) is 11.3 Å². The molecule has 0 fully saturated rings. The highest BCUT2D eigenvalue weighted by atomic mass is 32.2. The van der Waals surface area contributed by atoms with Gasteiger partial charge in [0.15, 0.2) is 5.84 Å². The third kappa shape index (κ3) is 4.16. The molecule has 0 aliphatic heterocycles. The molecule has 0 heterocycles. The molecule has 21 heavy (non-hydrogen) atoms. The molecular formula is C16H18N2O2S. The van der Waals surface area contributed by atoms with Gasteiger partial charge in [0.1, 0.15) is 5.75 Å². The minimum Gasteiger partial charge on any atom is -0.496 e. The van der Waals surface area contributed by atoms with Crippen molar-refractivity contribution in [3.05, 3.63) is 65.2 Å². The number of methoxy groups -OCH3 is 1. The average Bonchev–Trinajstić information content (AvgIpc) is 2.55. The monoisotopic (exact) mass is 302 g/mol. The maximum atomic E-state index is 8.75. The number of ether oxygens (including phenoxy) is 1. The Labute approximate surface area is 128 Å². The lowest BCUT2D eigenvalue weighted by Crippen LogP contribution is -2.14. The van der Waals surface area contributed by atoms with Crippen LogP contribution < -0.4 is 10.5 Å². The highest BCUT2D eigenvalue weighted by Gasteiger charge is 2.08. The molecule has 0 amide bonds. The van der Waals surface area contributed by atoms with E-state index in [1.807, 2.05) is 48.2 Å². The summed E-state index contributed by atoms with van der Waals surface area (Å²) in [4.78, 5) is 0. The van der Waals surface area contributed by atoms with Gasteiger partial charge in [-0.2, -0.15) is 11.8 Å². The van der Waals surface area contributed by atoms with E-state index in [9.17, 15) is 0 Å². The van der Waals surface area contributed by atoms with Gasteiger partial charge in [0.2, 0.25) is 0 Å². The summed E-state index contributed by atoms with van der Waals surface area (Å²) >= 11 is 1.83. The summed E-state index contributed by atoms with van der Waals surface area (Å²) in [5.41, 5.74) is 8.66. The van der Waals surface area contributed by atoms with Crippen molar-refractivity contribution in [2.75, 3.05) is 7.11 Å². The summed E-state index contributed by atoms with van der Waals surface area (Å²) in [5, 5.41) is 11.8. The first kappa shape index (κ1) is 15.3. The summed E-state index contributed by atoms with van der Waals surface area (Å²) in [5.74, 6) is 2.51. The Balaban J connectivity index is 2.01. The number of oxime groups is 1. The first-order valence-electron chi connectivity index (χ1n) is 6.51. The van der Waals surface area contributed by atoms with Gasteiger partial charge >= 0.3 is 0 Å². The third-order valence-electron chi connectivity index (χ3n) is 3.03. The number of rotatable bonds is 6. The standard InChI is InChI=1S/C16H18N2O2S/c1-20-15-9-13(7-8-14(15)16(17)18-19)11-21-10-12-5-3-2-4-6-12/h2-9,19H,10-11H2,1H3,(H2,17,18). The smallest absolute Gasteiger partial charge is 0.173 e. The van der Waals surface area contributed by atoms with Crippen molar-refractivity contribution in [1.29, 1.82) is 0 Å². The van der Waals surface area contributed by atoms with Crippen molar-refractivity contribution >= 4 is 17.6 Å². The van der Waals surface area contributed by atoms with Gasteiger partial charge in [0.05, 0.1) is 12.7 Å². The zero-order chi connectivity index (χ0) is 15.1. The molecule has 0 atom stereocenters. The lowest BCUT2D eigenvalue weighted by Gasteiger charge is -2.09. The second-order valence-electron chi connectivity index (χ2n) is 4.50. The van der Waals surface area contributed by atoms with Gasteiger partial charge in [-0.25, -0.2) is 0 Å². The number of benzene rings is 2. The lowest BCUT2D eigenvalue weighted by molar-refractivity contribution is 0.318. The van der Waals surface area contributed by atoms with Crippen LogP contribution in [0.5, 0.6) is 5.75 Å². The number of nitrogens with two attached hydrogens (primary N) is 1. The van der Waals surface area contributed by atoms with Crippen molar-refractivity contribution in [3.8, 4) is 5.75 Å². The van der Waals surface area contributed by atoms with Crippen molar-refractivity contribution in [3.63, 3.8) is 0 Å². The molecule has 2 aromatic carbocycles. The van der Waals surface area contributed by atoms with Crippen molar-refractivity contribution in [2.24, 2.45) is 10.9 Å². The predicted molar refractivity (Wildman–Crippen MR) is 86.9 cm³/mol. The number of hydrogen-bond acceptors (Lipinski definition) is 4. The minimum atomic E-state index is 0.0512. The van der Waals surface area contributed by atoms with Crippen LogP contribution in [-0.4, -0.2) is 18.2 Å². The molecule has 2 aromatic rings. The third-order valence-corrected chi connectivity index (χ3v) is 4.10. The first-order chi connectivity index (χ1) is 10.2. The number of hydrogen-bond donors (Lipinski definition) is 2. The van der Waals surface area contributed by atoms with E-state index < -0.39 is 0 Å². The van der Waals surface area contributed by atoms with Crippen LogP contribution in [0.3, 0.4) is 0 Å². The predicted octanol–water partition coefficient (Wildman–Crippen LogP) is 3.22. The first-order valence-corrected chi connectivity index (χ1v) is 7.66. The molecule has 3 N–H and O–H groups in total. The Morgan fingerprint density at radius 2 is 1.86 bits per heavy atom. The molecule has 0 saturated heterocycles. The van der Waals surface area contributed by atoms with E-state index in [0.717, 1.165) is 17.1 Å². The summed E-state index contributed by atoms with van der Waals surface area (Å²) in [7, 11) is 1.57. The van der Waals surface area contributed by atoms with Gasteiger partial charge in [-0.05, 0) is 23.3 Å². The zero-order valence-electron chi connectivity index (χ0n) is 11.8. The normalized spacial score (nSPS) is 11.4. The Kier molecular flexibility index (Phi) is 5.51. The zero-order valence-corrected chi connectivity index (χ0v) is 12.6. The molecule has 2 rings (SSSR count). The molecule has 0 aliphatic carbocycles. The van der Waals surface area contributed by atoms with Gasteiger partial charge in [-0.1, -0.05) is 41.6 Å². The number of nitrogens with zero attached hydrogens (tertiary/aromatic N) is 1. The van der Waals surface area contributed by atoms with Crippen molar-refractivity contribution in [2.45, 2.75) is 11.5 Å².